The fourth-order valence-electron chi connectivity index (χ4n) is 5.07. The van der Waals surface area contributed by atoms with Crippen molar-refractivity contribution in [2.75, 3.05) is 34.1 Å². The maximum absolute atomic E-state index is 13.8. The molecule has 5 aromatic rings. The third kappa shape index (κ3) is 8.53. The number of nitrogens with one attached hydrogen (secondary N) is 1. The van der Waals surface area contributed by atoms with Crippen molar-refractivity contribution in [3.8, 4) is 0 Å². The van der Waals surface area contributed by atoms with Gasteiger partial charge in [0.25, 0.3) is 20.2 Å². The fourth-order valence-corrected chi connectivity index (χ4v) is 6.40. The minimum absolute atomic E-state index is 0.169. The van der Waals surface area contributed by atoms with Gasteiger partial charge in [0.2, 0.25) is 5.78 Å². The number of hydrogen-bond donors (Lipinski definition) is 8. The molecule has 0 radical (unpaired) electrons. The molecule has 0 aromatic heterocycles. The molecule has 5 aromatic carbocycles. The maximum atomic E-state index is 13.8. The number of azo groups is 3. The molecule has 1 aliphatic rings. The van der Waals surface area contributed by atoms with Gasteiger partial charge in [0.15, 0.2) is 5.71 Å². The summed E-state index contributed by atoms with van der Waals surface area (Å²) in [6.07, 6.45) is 0.774. The highest BCUT2D eigenvalue weighted by Crippen LogP contribution is 2.41. The Kier molecular flexibility index (Phi) is 10.4. The average molecular weight is 796 g/mol. The van der Waals surface area contributed by atoms with Crippen LogP contribution in [0.5, 0.6) is 0 Å². The van der Waals surface area contributed by atoms with E-state index in [9.17, 15) is 30.7 Å². The van der Waals surface area contributed by atoms with E-state index in [4.69, 9.17) is 28.7 Å². The highest BCUT2D eigenvalue weighted by atomic mass is 32.2. The number of nitrogens with two attached hydrogens (primary N) is 5. The van der Waals surface area contributed by atoms with Gasteiger partial charge in [-0.05, 0) is 103 Å². The Morgan fingerprint density at radius 3 is 1.52 bits per heavy atom. The zero-order valence-electron chi connectivity index (χ0n) is 28.5. The number of ketones is 1. The summed E-state index contributed by atoms with van der Waals surface area (Å²) >= 11 is 0. The normalized spacial score (nSPS) is 14.1. The zero-order valence-corrected chi connectivity index (χ0v) is 30.1. The molecular weight excluding hydrogens is 767 g/mol. The first-order valence-electron chi connectivity index (χ1n) is 15.7. The number of carbonyl (C=O) groups is 1. The highest BCUT2D eigenvalue weighted by Gasteiger charge is 2.37. The van der Waals surface area contributed by atoms with Crippen molar-refractivity contribution < 1.29 is 30.7 Å². The summed E-state index contributed by atoms with van der Waals surface area (Å²) in [4.78, 5) is 11.9. The monoisotopic (exact) mass is 795 g/mol. The number of carbonyl (C=O) groups excluding carboxylic acids is 1. The third-order valence-electron chi connectivity index (χ3n) is 7.78. The Bertz CT molecular complexity index is 2790. The quantitative estimate of drug-likeness (QED) is 0.0306. The lowest BCUT2D eigenvalue weighted by Gasteiger charge is -2.20. The van der Waals surface area contributed by atoms with Crippen LogP contribution in [0.2, 0.25) is 0 Å². The molecule has 0 fully saturated rings. The molecule has 0 aliphatic heterocycles. The first-order valence-corrected chi connectivity index (χ1v) is 18.6. The largest absolute Gasteiger partial charge is 0.399 e. The summed E-state index contributed by atoms with van der Waals surface area (Å²) in [6.45, 7) is 0. The Hall–Kier alpha value is -7.40. The highest BCUT2D eigenvalue weighted by molar-refractivity contribution is 7.91. The molecule has 0 heterocycles. The Morgan fingerprint density at radius 2 is 1.05 bits per heavy atom. The number of nitrogens with zero attached hydrogens (tertiary/aromatic N) is 7. The predicted molar refractivity (Wildman–Crippen MR) is 212 cm³/mol. The Labute approximate surface area is 317 Å². The molecule has 0 atom stereocenters. The van der Waals surface area contributed by atoms with Crippen LogP contribution in [0, 0.1) is 0 Å². The van der Waals surface area contributed by atoms with E-state index in [0.29, 0.717) is 45.5 Å². The number of benzene rings is 5. The van der Waals surface area contributed by atoms with Crippen molar-refractivity contribution >= 4 is 106 Å². The number of fused-ring (bicyclic) bond motifs is 1. The average Bonchev–Trinajstić information content (AvgIpc) is 3.13. The van der Waals surface area contributed by atoms with Crippen LogP contribution in [0.4, 0.5) is 68.2 Å². The van der Waals surface area contributed by atoms with E-state index in [-0.39, 0.29) is 16.9 Å². The maximum Gasteiger partial charge on any atom is 0.296 e. The molecule has 56 heavy (non-hydrogen) atoms. The summed E-state index contributed by atoms with van der Waals surface area (Å²) in [5.41, 5.74) is 32.7. The predicted octanol–water partition coefficient (Wildman–Crippen LogP) is 6.98. The molecule has 0 saturated carbocycles. The van der Waals surface area contributed by atoms with Gasteiger partial charge in [-0.1, -0.05) is 0 Å². The molecule has 13 N–H and O–H groups in total. The van der Waals surface area contributed by atoms with Gasteiger partial charge in [0, 0.05) is 11.4 Å². The number of allylic oxidation sites excluding steroid dienone is 1. The molecule has 1 aliphatic carbocycles. The second-order valence-corrected chi connectivity index (χ2v) is 14.5. The summed E-state index contributed by atoms with van der Waals surface area (Å²) in [5, 5.41) is 28.2. The minimum atomic E-state index is -5.14. The minimum Gasteiger partial charge on any atom is -0.399 e. The van der Waals surface area contributed by atoms with Gasteiger partial charge < -0.3 is 28.7 Å². The van der Waals surface area contributed by atoms with Crippen LogP contribution in [0.1, 0.15) is 15.9 Å². The van der Waals surface area contributed by atoms with Gasteiger partial charge in [-0.3, -0.25) is 19.3 Å². The molecule has 284 valence electrons. The summed E-state index contributed by atoms with van der Waals surface area (Å²) in [5.74, 6) is -1.14. The lowest BCUT2D eigenvalue weighted by atomic mass is 9.92. The Balaban J connectivity index is 1.29. The van der Waals surface area contributed by atoms with E-state index in [1.807, 2.05) is 0 Å². The van der Waals surface area contributed by atoms with Crippen molar-refractivity contribution in [2.45, 2.75) is 4.90 Å². The van der Waals surface area contributed by atoms with E-state index in [2.05, 4.69) is 41.2 Å². The van der Waals surface area contributed by atoms with E-state index in [1.165, 1.54) is 60.7 Å². The van der Waals surface area contributed by atoms with Crippen LogP contribution >= 0.6 is 0 Å². The lowest BCUT2D eigenvalue weighted by Crippen LogP contribution is -2.28. The van der Waals surface area contributed by atoms with Crippen LogP contribution in [-0.2, 0) is 20.2 Å². The molecule has 0 amide bonds. The first kappa shape index (κ1) is 38.3. The van der Waals surface area contributed by atoms with Crippen LogP contribution < -0.4 is 34.1 Å². The van der Waals surface area contributed by atoms with Gasteiger partial charge in [-0.15, -0.1) is 15.3 Å². The van der Waals surface area contributed by atoms with E-state index in [0.717, 1.165) is 12.1 Å². The zero-order chi connectivity index (χ0) is 40.4. The van der Waals surface area contributed by atoms with E-state index < -0.39 is 58.5 Å². The summed E-state index contributed by atoms with van der Waals surface area (Å²) in [6, 6.07) is 22.2. The van der Waals surface area contributed by atoms with Gasteiger partial charge in [0.05, 0.1) is 45.4 Å². The number of Topliss-reactive ketones (excluding diaryl/α,β-unsaturated/α-hetero) is 1. The van der Waals surface area contributed by atoms with Crippen molar-refractivity contribution in [2.24, 2.45) is 35.8 Å². The number of rotatable bonds is 10. The third-order valence-corrected chi connectivity index (χ3v) is 9.51. The van der Waals surface area contributed by atoms with Crippen LogP contribution in [0.3, 0.4) is 0 Å². The number of nitrogen functional groups attached to an aromatic ring is 5. The number of hydrazone groups is 1. The summed E-state index contributed by atoms with van der Waals surface area (Å²) < 4.78 is 69.8. The molecule has 0 bridgehead atoms. The van der Waals surface area contributed by atoms with Crippen molar-refractivity contribution in [3.05, 3.63) is 107 Å². The van der Waals surface area contributed by atoms with Crippen LogP contribution in [0.15, 0.2) is 137 Å². The number of anilines is 6. The molecule has 0 spiro atoms. The molecule has 0 unspecified atom stereocenters. The molecular formula is C34H29N13O7S2. The van der Waals surface area contributed by atoms with Gasteiger partial charge in [-0.25, -0.2) is 0 Å². The van der Waals surface area contributed by atoms with Crippen molar-refractivity contribution in [3.63, 3.8) is 0 Å². The SMILES string of the molecule is Nc1ccc(N=Nc2ccc(N=Nc3c(S(=O)(=O)O)cc4c(c3N)C(=O)/C(=N/Nc3ccc(N=Nc5ccc(N)cc5N)cc3)C(S(=O)(=O)O)=C4)cc2)c(N)c1. The van der Waals surface area contributed by atoms with Crippen molar-refractivity contribution in [1.29, 1.82) is 0 Å². The van der Waals surface area contributed by atoms with Gasteiger partial charge in [0.1, 0.15) is 26.9 Å². The molecule has 6 rings (SSSR count). The Morgan fingerprint density at radius 1 is 0.571 bits per heavy atom. The van der Waals surface area contributed by atoms with Gasteiger partial charge >= 0.3 is 0 Å². The second-order valence-electron chi connectivity index (χ2n) is 11.8. The first-order chi connectivity index (χ1) is 26.5. The van der Waals surface area contributed by atoms with E-state index >= 15 is 0 Å². The molecule has 0 saturated heterocycles. The van der Waals surface area contributed by atoms with Crippen LogP contribution in [-0.4, -0.2) is 37.4 Å². The molecule has 22 heteroatoms. The van der Waals surface area contributed by atoms with Crippen molar-refractivity contribution in [1.82, 2.24) is 0 Å². The topological polar surface area (TPSA) is 354 Å². The smallest absolute Gasteiger partial charge is 0.296 e. The second kappa shape index (κ2) is 15.2. The standard InChI is InChI=1S/C34H29N13O7S2/c35-18-1-11-26(24(37)15-18)44-40-20-3-7-22(8-4-20)42-46-32-28(55(49,50)51)13-17-14-29(56(52,53)54)33(34(48)30(17)31(32)39)47-43-23-9-5-21(6-10-23)41-45-27-12-2-19(36)16-25(27)38/h1-16,43H,35-39H2,(H,49,50,51)(H,52,53,54)/b44-40?,45-41?,46-42?,47-33+. The summed E-state index contributed by atoms with van der Waals surface area (Å²) in [7, 11) is -10.2. The van der Waals surface area contributed by atoms with Gasteiger partial charge in [-0.2, -0.15) is 37.3 Å². The fraction of sp³-hybridized carbons (Fsp3) is 0. The lowest BCUT2D eigenvalue weighted by molar-refractivity contribution is 0.106. The number of hydrogen-bond acceptors (Lipinski definition) is 18. The molecule has 20 nitrogen and oxygen atoms in total. The van der Waals surface area contributed by atoms with E-state index in [1.54, 1.807) is 24.3 Å². The van der Waals surface area contributed by atoms with Crippen LogP contribution in [0.25, 0.3) is 6.08 Å².